The number of anilines is 2. The third-order valence-corrected chi connectivity index (χ3v) is 4.03. The number of nitrogens with zero attached hydrogens (tertiary/aromatic N) is 1. The van der Waals surface area contributed by atoms with Crippen LogP contribution in [0.25, 0.3) is 11.6 Å². The van der Waals surface area contributed by atoms with E-state index in [2.05, 4.69) is 71.7 Å². The molecule has 0 saturated heterocycles. The SMILES string of the molecule is CNCCCN1c2ccccc2C=C(C)c2ccccc21. The van der Waals surface area contributed by atoms with Gasteiger partial charge in [0.1, 0.15) is 0 Å². The predicted molar refractivity (Wildman–Crippen MR) is 92.0 cm³/mol. The normalized spacial score (nSPS) is 13.2. The molecule has 1 aliphatic heterocycles. The summed E-state index contributed by atoms with van der Waals surface area (Å²) in [7, 11) is 2.01. The number of nitrogens with one attached hydrogen (secondary N) is 1. The van der Waals surface area contributed by atoms with Gasteiger partial charge < -0.3 is 10.2 Å². The van der Waals surface area contributed by atoms with Crippen LogP contribution in [0, 0.1) is 0 Å². The fourth-order valence-corrected chi connectivity index (χ4v) is 2.99. The van der Waals surface area contributed by atoms with E-state index in [9.17, 15) is 0 Å². The van der Waals surface area contributed by atoms with Crippen LogP contribution in [0.3, 0.4) is 0 Å². The van der Waals surface area contributed by atoms with Crippen molar-refractivity contribution in [2.45, 2.75) is 13.3 Å². The zero-order valence-electron chi connectivity index (χ0n) is 12.8. The van der Waals surface area contributed by atoms with Gasteiger partial charge in [-0.3, -0.25) is 0 Å². The maximum absolute atomic E-state index is 3.24. The fourth-order valence-electron chi connectivity index (χ4n) is 2.99. The van der Waals surface area contributed by atoms with Crippen LogP contribution in [0.5, 0.6) is 0 Å². The standard InChI is InChI=1S/C19H22N2/c1-15-14-16-8-3-5-10-18(16)21(13-7-12-20-2)19-11-6-4-9-17(15)19/h3-6,8-11,14,20H,7,12-13H2,1-2H3. The van der Waals surface area contributed by atoms with Crippen LogP contribution in [0.15, 0.2) is 48.5 Å². The van der Waals surface area contributed by atoms with Crippen molar-refractivity contribution in [1.82, 2.24) is 5.32 Å². The van der Waals surface area contributed by atoms with Gasteiger partial charge in [-0.25, -0.2) is 0 Å². The summed E-state index contributed by atoms with van der Waals surface area (Å²) in [4.78, 5) is 2.45. The van der Waals surface area contributed by atoms with E-state index in [1.54, 1.807) is 0 Å². The summed E-state index contributed by atoms with van der Waals surface area (Å²) < 4.78 is 0. The number of hydrogen-bond donors (Lipinski definition) is 1. The molecule has 21 heavy (non-hydrogen) atoms. The summed E-state index contributed by atoms with van der Waals surface area (Å²) >= 11 is 0. The number of allylic oxidation sites excluding steroid dienone is 1. The largest absolute Gasteiger partial charge is 0.340 e. The monoisotopic (exact) mass is 278 g/mol. The van der Waals surface area contributed by atoms with Gasteiger partial charge in [0.05, 0.1) is 0 Å². The number of fused-ring (bicyclic) bond motifs is 2. The third kappa shape index (κ3) is 2.72. The Bertz CT molecular complexity index is 658. The van der Waals surface area contributed by atoms with Gasteiger partial charge in [-0.1, -0.05) is 36.4 Å². The lowest BCUT2D eigenvalue weighted by molar-refractivity contribution is 0.723. The van der Waals surface area contributed by atoms with Gasteiger partial charge >= 0.3 is 0 Å². The molecule has 1 aliphatic rings. The molecular formula is C19H22N2. The molecule has 108 valence electrons. The molecule has 0 aromatic heterocycles. The first-order valence-corrected chi connectivity index (χ1v) is 7.60. The van der Waals surface area contributed by atoms with Gasteiger partial charge in [-0.15, -0.1) is 0 Å². The summed E-state index contributed by atoms with van der Waals surface area (Å²) in [6.45, 7) is 4.26. The van der Waals surface area contributed by atoms with Crippen molar-refractivity contribution >= 4 is 23.0 Å². The molecule has 0 aliphatic carbocycles. The average molecular weight is 278 g/mol. The highest BCUT2D eigenvalue weighted by Gasteiger charge is 2.19. The minimum Gasteiger partial charge on any atom is -0.340 e. The van der Waals surface area contributed by atoms with E-state index in [0.717, 1.165) is 19.5 Å². The predicted octanol–water partition coefficient (Wildman–Crippen LogP) is 4.31. The summed E-state index contributed by atoms with van der Waals surface area (Å²) in [5.74, 6) is 0. The smallest absolute Gasteiger partial charge is 0.0487 e. The van der Waals surface area contributed by atoms with E-state index in [1.807, 2.05) is 7.05 Å². The first kappa shape index (κ1) is 13.9. The van der Waals surface area contributed by atoms with Crippen molar-refractivity contribution in [3.05, 3.63) is 59.7 Å². The van der Waals surface area contributed by atoms with E-state index >= 15 is 0 Å². The van der Waals surface area contributed by atoms with E-state index in [1.165, 1.54) is 28.1 Å². The number of rotatable bonds is 4. The highest BCUT2D eigenvalue weighted by molar-refractivity contribution is 5.94. The zero-order chi connectivity index (χ0) is 14.7. The lowest BCUT2D eigenvalue weighted by Crippen LogP contribution is -2.23. The molecule has 1 heterocycles. The molecule has 0 fully saturated rings. The van der Waals surface area contributed by atoms with Crippen molar-refractivity contribution in [1.29, 1.82) is 0 Å². The Morgan fingerprint density at radius 1 is 0.952 bits per heavy atom. The van der Waals surface area contributed by atoms with Crippen LogP contribution in [-0.4, -0.2) is 20.1 Å². The molecular weight excluding hydrogens is 256 g/mol. The lowest BCUT2D eigenvalue weighted by Gasteiger charge is -2.27. The number of benzene rings is 2. The van der Waals surface area contributed by atoms with E-state index < -0.39 is 0 Å². The van der Waals surface area contributed by atoms with Crippen LogP contribution in [0.1, 0.15) is 24.5 Å². The summed E-state index contributed by atoms with van der Waals surface area (Å²) in [6, 6.07) is 17.4. The molecule has 2 heteroatoms. The summed E-state index contributed by atoms with van der Waals surface area (Å²) in [6.07, 6.45) is 3.42. The van der Waals surface area contributed by atoms with E-state index in [-0.39, 0.29) is 0 Å². The Balaban J connectivity index is 2.09. The maximum Gasteiger partial charge on any atom is 0.0487 e. The molecule has 1 N–H and O–H groups in total. The molecule has 0 saturated carbocycles. The van der Waals surface area contributed by atoms with Gasteiger partial charge in [0.25, 0.3) is 0 Å². The second-order valence-electron chi connectivity index (χ2n) is 5.51. The Kier molecular flexibility index (Phi) is 4.07. The Labute approximate surface area is 127 Å². The molecule has 0 bridgehead atoms. The Morgan fingerprint density at radius 2 is 1.67 bits per heavy atom. The van der Waals surface area contributed by atoms with Gasteiger partial charge in [0.15, 0.2) is 0 Å². The maximum atomic E-state index is 3.24. The van der Waals surface area contributed by atoms with Crippen molar-refractivity contribution in [2.75, 3.05) is 25.0 Å². The third-order valence-electron chi connectivity index (χ3n) is 4.03. The zero-order valence-corrected chi connectivity index (χ0v) is 12.8. The molecule has 0 atom stereocenters. The summed E-state index contributed by atoms with van der Waals surface area (Å²) in [5.41, 5.74) is 6.58. The fraction of sp³-hybridized carbons (Fsp3) is 0.263. The molecule has 0 spiro atoms. The molecule has 2 aromatic carbocycles. The van der Waals surface area contributed by atoms with Crippen LogP contribution in [-0.2, 0) is 0 Å². The highest BCUT2D eigenvalue weighted by Crippen LogP contribution is 2.39. The van der Waals surface area contributed by atoms with Crippen molar-refractivity contribution in [3.63, 3.8) is 0 Å². The van der Waals surface area contributed by atoms with Gasteiger partial charge in [-0.2, -0.15) is 0 Å². The topological polar surface area (TPSA) is 15.3 Å². The molecule has 0 unspecified atom stereocenters. The molecule has 2 aromatic rings. The first-order valence-electron chi connectivity index (χ1n) is 7.60. The molecule has 3 rings (SSSR count). The summed E-state index contributed by atoms with van der Waals surface area (Å²) in [5, 5.41) is 3.24. The lowest BCUT2D eigenvalue weighted by atomic mass is 10.0. The first-order chi connectivity index (χ1) is 10.3. The second-order valence-corrected chi connectivity index (χ2v) is 5.51. The van der Waals surface area contributed by atoms with Crippen LogP contribution in [0.4, 0.5) is 11.4 Å². The minimum atomic E-state index is 1.02. The Hall–Kier alpha value is -2.06. The molecule has 0 amide bonds. The average Bonchev–Trinajstić information content (AvgIpc) is 2.63. The second kappa shape index (κ2) is 6.15. The van der Waals surface area contributed by atoms with Gasteiger partial charge in [0, 0.05) is 23.5 Å². The van der Waals surface area contributed by atoms with Crippen molar-refractivity contribution < 1.29 is 0 Å². The van der Waals surface area contributed by atoms with Gasteiger partial charge in [0.2, 0.25) is 0 Å². The highest BCUT2D eigenvalue weighted by atomic mass is 15.1. The van der Waals surface area contributed by atoms with Crippen LogP contribution in [0.2, 0.25) is 0 Å². The van der Waals surface area contributed by atoms with Gasteiger partial charge in [-0.05, 0) is 56.3 Å². The van der Waals surface area contributed by atoms with Crippen molar-refractivity contribution in [3.8, 4) is 0 Å². The van der Waals surface area contributed by atoms with E-state index in [0.29, 0.717) is 0 Å². The Morgan fingerprint density at radius 3 is 2.48 bits per heavy atom. The molecule has 0 radical (unpaired) electrons. The number of para-hydroxylation sites is 2. The van der Waals surface area contributed by atoms with E-state index in [4.69, 9.17) is 0 Å². The molecule has 2 nitrogen and oxygen atoms in total. The quantitative estimate of drug-likeness (QED) is 0.838. The van der Waals surface area contributed by atoms with Crippen LogP contribution >= 0.6 is 0 Å². The number of hydrogen-bond acceptors (Lipinski definition) is 2. The van der Waals surface area contributed by atoms with Crippen LogP contribution < -0.4 is 10.2 Å². The van der Waals surface area contributed by atoms with Crippen molar-refractivity contribution in [2.24, 2.45) is 0 Å². The minimum absolute atomic E-state index is 1.02.